The minimum atomic E-state index is -3.19. The van der Waals surface area contributed by atoms with Gasteiger partial charge in [-0.2, -0.15) is 0 Å². The van der Waals surface area contributed by atoms with E-state index in [1.807, 2.05) is 0 Å². The molecule has 118 valence electrons. The molecule has 0 spiro atoms. The molecule has 0 aromatic carbocycles. The van der Waals surface area contributed by atoms with Gasteiger partial charge in [-0.15, -0.1) is 0 Å². The van der Waals surface area contributed by atoms with Crippen LogP contribution < -0.4 is 11.1 Å². The number of guanidine groups is 1. The second-order valence-electron chi connectivity index (χ2n) is 5.88. The number of ether oxygens (including phenoxy) is 1. The van der Waals surface area contributed by atoms with Gasteiger partial charge in [0.2, 0.25) is 0 Å². The molecule has 0 aromatic rings. The van der Waals surface area contributed by atoms with Crippen molar-refractivity contribution in [1.29, 1.82) is 0 Å². The summed E-state index contributed by atoms with van der Waals surface area (Å²) in [6, 6.07) is 0. The van der Waals surface area contributed by atoms with Gasteiger partial charge in [-0.1, -0.05) is 13.8 Å². The molecule has 0 bridgehead atoms. The van der Waals surface area contributed by atoms with Crippen molar-refractivity contribution < 1.29 is 13.2 Å². The smallest absolute Gasteiger partial charge is 0.188 e. The van der Waals surface area contributed by atoms with Gasteiger partial charge in [0, 0.05) is 26.0 Å². The molecule has 3 N–H and O–H groups in total. The Balaban J connectivity index is 2.62. The van der Waals surface area contributed by atoms with E-state index in [1.165, 1.54) is 6.26 Å². The first-order valence-electron chi connectivity index (χ1n) is 7.08. The highest BCUT2D eigenvalue weighted by atomic mass is 32.2. The topological polar surface area (TPSA) is 93.8 Å². The van der Waals surface area contributed by atoms with Gasteiger partial charge >= 0.3 is 0 Å². The lowest BCUT2D eigenvalue weighted by Crippen LogP contribution is -2.47. The number of hydrogen-bond acceptors (Lipinski definition) is 4. The van der Waals surface area contributed by atoms with Crippen LogP contribution in [0.4, 0.5) is 0 Å². The van der Waals surface area contributed by atoms with Crippen molar-refractivity contribution in [2.45, 2.75) is 37.9 Å². The van der Waals surface area contributed by atoms with E-state index in [0.29, 0.717) is 37.9 Å². The monoisotopic (exact) mass is 305 g/mol. The fraction of sp³-hybridized carbons (Fsp3) is 0.923. The van der Waals surface area contributed by atoms with E-state index in [0.717, 1.165) is 13.0 Å². The number of nitrogens with two attached hydrogens (primary N) is 1. The molecule has 0 unspecified atom stereocenters. The highest BCUT2D eigenvalue weighted by Crippen LogP contribution is 2.29. The molecule has 1 saturated heterocycles. The Labute approximate surface area is 122 Å². The van der Waals surface area contributed by atoms with Crippen LogP contribution in [0.5, 0.6) is 0 Å². The molecular formula is C13H27N3O3S. The summed E-state index contributed by atoms with van der Waals surface area (Å²) in [5, 5.41) is 3.02. The number of aliphatic imine (C=N–C) groups is 1. The quantitative estimate of drug-likeness (QED) is 0.551. The number of hydrogen-bond donors (Lipinski definition) is 2. The van der Waals surface area contributed by atoms with Crippen molar-refractivity contribution in [3.63, 3.8) is 0 Å². The molecule has 20 heavy (non-hydrogen) atoms. The van der Waals surface area contributed by atoms with Crippen molar-refractivity contribution in [3.05, 3.63) is 0 Å². The highest BCUT2D eigenvalue weighted by molar-refractivity contribution is 7.92. The van der Waals surface area contributed by atoms with E-state index in [2.05, 4.69) is 24.2 Å². The van der Waals surface area contributed by atoms with Gasteiger partial charge in [0.05, 0.1) is 11.3 Å². The molecule has 0 amide bonds. The van der Waals surface area contributed by atoms with Gasteiger partial charge in [-0.05, 0) is 25.2 Å². The maximum atomic E-state index is 12.0. The summed E-state index contributed by atoms with van der Waals surface area (Å²) in [7, 11) is -3.19. The van der Waals surface area contributed by atoms with Crippen molar-refractivity contribution in [2.75, 3.05) is 32.6 Å². The fourth-order valence-corrected chi connectivity index (χ4v) is 3.37. The van der Waals surface area contributed by atoms with Crippen LogP contribution in [0.3, 0.4) is 0 Å². The number of nitrogens with zero attached hydrogens (tertiary/aromatic N) is 1. The molecule has 7 heteroatoms. The van der Waals surface area contributed by atoms with Crippen molar-refractivity contribution in [3.8, 4) is 0 Å². The molecule has 1 aliphatic rings. The summed E-state index contributed by atoms with van der Waals surface area (Å²) in [6.45, 7) is 6.15. The van der Waals surface area contributed by atoms with Gasteiger partial charge in [-0.3, -0.25) is 4.99 Å². The summed E-state index contributed by atoms with van der Waals surface area (Å²) >= 11 is 0. The van der Waals surface area contributed by atoms with E-state index >= 15 is 0 Å². The van der Waals surface area contributed by atoms with Crippen LogP contribution in [0, 0.1) is 5.92 Å². The lowest BCUT2D eigenvalue weighted by atomic mass is 9.99. The molecule has 0 aliphatic carbocycles. The number of sulfone groups is 1. The first-order valence-corrected chi connectivity index (χ1v) is 8.97. The number of rotatable bonds is 6. The van der Waals surface area contributed by atoms with E-state index in [9.17, 15) is 8.42 Å². The molecule has 0 radical (unpaired) electrons. The largest absolute Gasteiger partial charge is 0.381 e. The first kappa shape index (κ1) is 17.2. The van der Waals surface area contributed by atoms with Gasteiger partial charge in [0.1, 0.15) is 0 Å². The average molecular weight is 305 g/mol. The van der Waals surface area contributed by atoms with Gasteiger partial charge in [0.25, 0.3) is 0 Å². The molecule has 0 aromatic heterocycles. The highest BCUT2D eigenvalue weighted by Gasteiger charge is 2.42. The SMILES string of the molecule is CC(C)CCNC(N)=NCC1(S(C)(=O)=O)CCOCC1. The Bertz CT molecular complexity index is 426. The first-order chi connectivity index (χ1) is 9.27. The third-order valence-corrected chi connectivity index (χ3v) is 5.87. The van der Waals surface area contributed by atoms with Gasteiger partial charge < -0.3 is 15.8 Å². The molecule has 1 aliphatic heterocycles. The summed E-state index contributed by atoms with van der Waals surface area (Å²) in [6.07, 6.45) is 3.24. The molecular weight excluding hydrogens is 278 g/mol. The fourth-order valence-electron chi connectivity index (χ4n) is 2.16. The Morgan fingerprint density at radius 2 is 2.00 bits per heavy atom. The average Bonchev–Trinajstić information content (AvgIpc) is 2.36. The van der Waals surface area contributed by atoms with Crippen molar-refractivity contribution in [1.82, 2.24) is 5.32 Å². The minimum Gasteiger partial charge on any atom is -0.381 e. The number of nitrogens with one attached hydrogen (secondary N) is 1. The molecule has 1 rings (SSSR count). The van der Waals surface area contributed by atoms with E-state index in [4.69, 9.17) is 10.5 Å². The van der Waals surface area contributed by atoms with Crippen molar-refractivity contribution in [2.24, 2.45) is 16.6 Å². The lowest BCUT2D eigenvalue weighted by Gasteiger charge is -2.34. The summed E-state index contributed by atoms with van der Waals surface area (Å²) < 4.78 is 28.5. The van der Waals surface area contributed by atoms with Crippen LogP contribution in [-0.4, -0.2) is 51.7 Å². The minimum absolute atomic E-state index is 0.204. The summed E-state index contributed by atoms with van der Waals surface area (Å²) in [5.41, 5.74) is 5.79. The molecule has 0 atom stereocenters. The maximum Gasteiger partial charge on any atom is 0.188 e. The van der Waals surface area contributed by atoms with Crippen LogP contribution in [0.15, 0.2) is 4.99 Å². The van der Waals surface area contributed by atoms with E-state index < -0.39 is 14.6 Å². The standard InChI is InChI=1S/C13H27N3O3S/c1-11(2)4-7-15-12(14)16-10-13(20(3,17)18)5-8-19-9-6-13/h11H,4-10H2,1-3H3,(H3,14,15,16). The predicted molar refractivity (Wildman–Crippen MR) is 81.6 cm³/mol. The normalized spacial score (nSPS) is 20.1. The zero-order valence-electron chi connectivity index (χ0n) is 12.7. The summed E-state index contributed by atoms with van der Waals surface area (Å²) in [4.78, 5) is 4.23. The zero-order valence-corrected chi connectivity index (χ0v) is 13.5. The van der Waals surface area contributed by atoms with Crippen LogP contribution in [0.1, 0.15) is 33.1 Å². The Morgan fingerprint density at radius 1 is 1.40 bits per heavy atom. The van der Waals surface area contributed by atoms with Crippen molar-refractivity contribution >= 4 is 15.8 Å². The van der Waals surface area contributed by atoms with Crippen LogP contribution in [0.25, 0.3) is 0 Å². The zero-order chi connectivity index (χ0) is 15.2. The second-order valence-corrected chi connectivity index (χ2v) is 8.29. The Kier molecular flexibility index (Phi) is 6.26. The third kappa shape index (κ3) is 4.94. The third-order valence-electron chi connectivity index (χ3n) is 3.76. The second kappa shape index (κ2) is 7.26. The lowest BCUT2D eigenvalue weighted by molar-refractivity contribution is 0.0768. The summed E-state index contributed by atoms with van der Waals surface area (Å²) in [5.74, 6) is 0.910. The van der Waals surface area contributed by atoms with Crippen LogP contribution in [-0.2, 0) is 14.6 Å². The van der Waals surface area contributed by atoms with E-state index in [1.54, 1.807) is 0 Å². The molecule has 1 heterocycles. The predicted octanol–water partition coefficient (Wildman–Crippen LogP) is 0.531. The molecule has 1 fully saturated rings. The van der Waals surface area contributed by atoms with E-state index in [-0.39, 0.29) is 6.54 Å². The van der Waals surface area contributed by atoms with Gasteiger partial charge in [-0.25, -0.2) is 8.42 Å². The molecule has 6 nitrogen and oxygen atoms in total. The molecule has 0 saturated carbocycles. The Morgan fingerprint density at radius 3 is 2.50 bits per heavy atom. The van der Waals surface area contributed by atoms with Gasteiger partial charge in [0.15, 0.2) is 15.8 Å². The van der Waals surface area contributed by atoms with Crippen LogP contribution >= 0.6 is 0 Å². The van der Waals surface area contributed by atoms with Crippen LogP contribution in [0.2, 0.25) is 0 Å². The Hall–Kier alpha value is -0.820. The maximum absolute atomic E-state index is 12.0.